The molecular weight excluding hydrogens is 324 g/mol. The van der Waals surface area contributed by atoms with Gasteiger partial charge >= 0.3 is 6.61 Å². The van der Waals surface area contributed by atoms with Crippen molar-refractivity contribution in [2.24, 2.45) is 0 Å². The van der Waals surface area contributed by atoms with Crippen molar-refractivity contribution in [1.82, 2.24) is 9.80 Å². The molecule has 1 aromatic rings. The highest BCUT2D eigenvalue weighted by atomic mass is 32.1. The number of carbonyl (C=O) groups is 1. The average Bonchev–Trinajstić information content (AvgIpc) is 2.49. The Labute approximate surface area is 140 Å². The van der Waals surface area contributed by atoms with E-state index in [1.165, 1.54) is 12.1 Å². The molecule has 0 heterocycles. The molecule has 1 amide bonds. The maximum atomic E-state index is 12.1. The Morgan fingerprint density at radius 1 is 1.26 bits per heavy atom. The van der Waals surface area contributed by atoms with Crippen molar-refractivity contribution in [3.63, 3.8) is 0 Å². The molecule has 0 aromatic heterocycles. The zero-order valence-corrected chi connectivity index (χ0v) is 14.2. The van der Waals surface area contributed by atoms with E-state index in [0.717, 1.165) is 0 Å². The third kappa shape index (κ3) is 6.35. The van der Waals surface area contributed by atoms with Crippen LogP contribution in [0.15, 0.2) is 24.3 Å². The average molecular weight is 345 g/mol. The van der Waals surface area contributed by atoms with E-state index in [1.807, 2.05) is 13.8 Å². The fourth-order valence-corrected chi connectivity index (χ4v) is 2.07. The van der Waals surface area contributed by atoms with E-state index in [0.29, 0.717) is 23.9 Å². The van der Waals surface area contributed by atoms with Gasteiger partial charge in [0.1, 0.15) is 5.75 Å². The van der Waals surface area contributed by atoms with E-state index in [4.69, 9.17) is 12.2 Å². The number of anilines is 1. The molecule has 23 heavy (non-hydrogen) atoms. The number of alkyl halides is 2. The van der Waals surface area contributed by atoms with E-state index in [2.05, 4.69) is 10.1 Å². The molecule has 0 bridgehead atoms. The fraction of sp³-hybridized carbons (Fsp3) is 0.467. The molecule has 1 aromatic carbocycles. The second kappa shape index (κ2) is 9.24. The Morgan fingerprint density at radius 2 is 1.83 bits per heavy atom. The molecule has 8 heteroatoms. The van der Waals surface area contributed by atoms with Crippen LogP contribution in [0.25, 0.3) is 0 Å². The Morgan fingerprint density at radius 3 is 2.30 bits per heavy atom. The van der Waals surface area contributed by atoms with Gasteiger partial charge in [-0.2, -0.15) is 8.78 Å². The van der Waals surface area contributed by atoms with Gasteiger partial charge in [-0.25, -0.2) is 0 Å². The number of nitrogens with one attached hydrogen (secondary N) is 1. The zero-order valence-electron chi connectivity index (χ0n) is 13.4. The number of amides is 1. The van der Waals surface area contributed by atoms with Crippen LogP contribution in [0, 0.1) is 0 Å². The molecule has 0 saturated heterocycles. The highest BCUT2D eigenvalue weighted by Gasteiger charge is 2.14. The molecule has 5 nitrogen and oxygen atoms in total. The fourth-order valence-electron chi connectivity index (χ4n) is 1.89. The highest BCUT2D eigenvalue weighted by Crippen LogP contribution is 2.17. The number of benzene rings is 1. The third-order valence-electron chi connectivity index (χ3n) is 3.17. The maximum absolute atomic E-state index is 12.1. The topological polar surface area (TPSA) is 44.8 Å². The lowest BCUT2D eigenvalue weighted by atomic mass is 10.3. The van der Waals surface area contributed by atoms with Crippen molar-refractivity contribution in [2.75, 3.05) is 32.0 Å². The summed E-state index contributed by atoms with van der Waals surface area (Å²) in [5, 5.41) is 3.31. The second-order valence-corrected chi connectivity index (χ2v) is 5.14. The van der Waals surface area contributed by atoms with E-state index in [-0.39, 0.29) is 18.2 Å². The van der Waals surface area contributed by atoms with Gasteiger partial charge in [-0.1, -0.05) is 0 Å². The van der Waals surface area contributed by atoms with Crippen molar-refractivity contribution in [3.05, 3.63) is 24.3 Å². The first-order valence-electron chi connectivity index (χ1n) is 7.22. The lowest BCUT2D eigenvalue weighted by molar-refractivity contribution is -0.130. The van der Waals surface area contributed by atoms with Gasteiger partial charge in [0.05, 0.1) is 6.54 Å². The SMILES string of the molecule is CCN(CC)C(=O)CN(C)C(=S)Nc1ccc(OC(F)F)cc1. The van der Waals surface area contributed by atoms with Crippen LogP contribution in [0.2, 0.25) is 0 Å². The maximum Gasteiger partial charge on any atom is 0.387 e. The lowest BCUT2D eigenvalue weighted by Crippen LogP contribution is -2.42. The minimum atomic E-state index is -2.85. The van der Waals surface area contributed by atoms with Crippen molar-refractivity contribution >= 4 is 28.9 Å². The van der Waals surface area contributed by atoms with Gasteiger partial charge in [-0.05, 0) is 50.3 Å². The molecule has 0 radical (unpaired) electrons. The van der Waals surface area contributed by atoms with Crippen molar-refractivity contribution < 1.29 is 18.3 Å². The Kier molecular flexibility index (Phi) is 7.67. The van der Waals surface area contributed by atoms with Gasteiger partial charge in [0.15, 0.2) is 5.11 Å². The molecule has 1 N–H and O–H groups in total. The van der Waals surface area contributed by atoms with Gasteiger partial charge in [-0.3, -0.25) is 4.79 Å². The summed E-state index contributed by atoms with van der Waals surface area (Å²) < 4.78 is 28.4. The summed E-state index contributed by atoms with van der Waals surface area (Å²) in [6.45, 7) is 2.44. The van der Waals surface area contributed by atoms with Crippen LogP contribution in [0.4, 0.5) is 14.5 Å². The molecule has 0 aliphatic rings. The van der Waals surface area contributed by atoms with Gasteiger partial charge in [-0.15, -0.1) is 0 Å². The smallest absolute Gasteiger partial charge is 0.387 e. The van der Waals surface area contributed by atoms with Gasteiger partial charge in [0.2, 0.25) is 5.91 Å². The third-order valence-corrected chi connectivity index (χ3v) is 3.58. The summed E-state index contributed by atoms with van der Waals surface area (Å²) >= 11 is 5.23. The normalized spacial score (nSPS) is 10.3. The van der Waals surface area contributed by atoms with Crippen LogP contribution in [-0.2, 0) is 4.79 Å². The summed E-state index contributed by atoms with van der Waals surface area (Å²) in [5.74, 6) is 0.0591. The minimum absolute atomic E-state index is 0.0117. The summed E-state index contributed by atoms with van der Waals surface area (Å²) in [5.41, 5.74) is 0.624. The molecule has 0 spiro atoms. The molecule has 0 aliphatic heterocycles. The number of carbonyl (C=O) groups excluding carboxylic acids is 1. The molecule has 0 unspecified atom stereocenters. The number of likely N-dealkylation sites (N-methyl/N-ethyl adjacent to an activating group) is 2. The number of nitrogens with zero attached hydrogens (tertiary/aromatic N) is 2. The molecule has 0 saturated carbocycles. The Balaban J connectivity index is 2.56. The second-order valence-electron chi connectivity index (χ2n) is 4.76. The van der Waals surface area contributed by atoms with Crippen LogP contribution in [-0.4, -0.2) is 54.1 Å². The van der Waals surface area contributed by atoms with Crippen LogP contribution >= 0.6 is 12.2 Å². The molecule has 128 valence electrons. The van der Waals surface area contributed by atoms with E-state index in [1.54, 1.807) is 29.0 Å². The van der Waals surface area contributed by atoms with Crippen LogP contribution in [0.3, 0.4) is 0 Å². The first kappa shape index (κ1) is 19.1. The number of halogens is 2. The number of hydrogen-bond acceptors (Lipinski definition) is 3. The first-order chi connectivity index (χ1) is 10.9. The summed E-state index contributed by atoms with van der Waals surface area (Å²) in [7, 11) is 1.71. The van der Waals surface area contributed by atoms with Crippen LogP contribution in [0.1, 0.15) is 13.8 Å². The minimum Gasteiger partial charge on any atom is -0.435 e. The molecule has 0 fully saturated rings. The van der Waals surface area contributed by atoms with Crippen molar-refractivity contribution in [3.8, 4) is 5.75 Å². The van der Waals surface area contributed by atoms with Gasteiger partial charge in [0, 0.05) is 25.8 Å². The predicted molar refractivity (Wildman–Crippen MR) is 89.9 cm³/mol. The molecule has 0 aliphatic carbocycles. The predicted octanol–water partition coefficient (Wildman–Crippen LogP) is 2.79. The van der Waals surface area contributed by atoms with Crippen molar-refractivity contribution in [2.45, 2.75) is 20.5 Å². The van der Waals surface area contributed by atoms with E-state index < -0.39 is 6.61 Å². The largest absolute Gasteiger partial charge is 0.435 e. The number of ether oxygens (including phenoxy) is 1. The number of rotatable bonds is 7. The number of thiocarbonyl (C=S) groups is 1. The monoisotopic (exact) mass is 345 g/mol. The van der Waals surface area contributed by atoms with E-state index in [9.17, 15) is 13.6 Å². The summed E-state index contributed by atoms with van der Waals surface area (Å²) in [6.07, 6.45) is 0. The van der Waals surface area contributed by atoms with Crippen LogP contribution < -0.4 is 10.1 Å². The van der Waals surface area contributed by atoms with E-state index >= 15 is 0 Å². The quantitative estimate of drug-likeness (QED) is 0.770. The molecule has 1 rings (SSSR count). The Bertz CT molecular complexity index is 522. The Hall–Kier alpha value is -1.96. The number of hydrogen-bond donors (Lipinski definition) is 1. The molecular formula is C15H21F2N3O2S. The standard InChI is InChI=1S/C15H21F2N3O2S/c1-4-20(5-2)13(21)10-19(3)15(23)18-11-6-8-12(9-7-11)22-14(16)17/h6-9,14H,4-5,10H2,1-3H3,(H,18,23). The van der Waals surface area contributed by atoms with Gasteiger partial charge in [0.25, 0.3) is 0 Å². The summed E-state index contributed by atoms with van der Waals surface area (Å²) in [6, 6.07) is 5.98. The van der Waals surface area contributed by atoms with Crippen LogP contribution in [0.5, 0.6) is 5.75 Å². The van der Waals surface area contributed by atoms with Gasteiger partial charge < -0.3 is 19.9 Å². The first-order valence-corrected chi connectivity index (χ1v) is 7.63. The molecule has 0 atom stereocenters. The van der Waals surface area contributed by atoms with Crippen molar-refractivity contribution in [1.29, 1.82) is 0 Å². The summed E-state index contributed by atoms with van der Waals surface area (Å²) in [4.78, 5) is 15.4. The highest BCUT2D eigenvalue weighted by molar-refractivity contribution is 7.80. The zero-order chi connectivity index (χ0) is 17.4. The lowest BCUT2D eigenvalue weighted by Gasteiger charge is -2.25.